The van der Waals surface area contributed by atoms with Gasteiger partial charge in [-0.3, -0.25) is 4.90 Å². The van der Waals surface area contributed by atoms with Crippen molar-refractivity contribution in [3.05, 3.63) is 108 Å². The molecule has 2 heteroatoms. The average Bonchev–Trinajstić information content (AvgIpc) is 2.86. The molecule has 2 aliphatic rings. The topological polar surface area (TPSA) is 6.48 Å². The number of hydrogen-bond acceptors (Lipinski definition) is 2. The Morgan fingerprint density at radius 1 is 0.800 bits per heavy atom. The molecule has 2 aromatic rings. The number of benzene rings is 2. The Labute approximate surface area is 150 Å². The van der Waals surface area contributed by atoms with Gasteiger partial charge in [-0.15, -0.1) is 0 Å². The van der Waals surface area contributed by atoms with Crippen molar-refractivity contribution in [3.63, 3.8) is 0 Å². The third kappa shape index (κ3) is 3.75. The molecule has 0 amide bonds. The molecule has 2 aromatic carbocycles. The third-order valence-electron chi connectivity index (χ3n) is 4.88. The molecule has 2 nitrogen and oxygen atoms in total. The zero-order valence-electron chi connectivity index (χ0n) is 14.5. The van der Waals surface area contributed by atoms with Crippen LogP contribution in [0.2, 0.25) is 0 Å². The first-order chi connectivity index (χ1) is 12.4. The minimum atomic E-state index is 0.185. The molecule has 2 aliphatic heterocycles. The maximum atomic E-state index is 2.50. The van der Waals surface area contributed by atoms with E-state index in [1.54, 1.807) is 0 Å². The SMILES string of the molecule is C1=CC(CN2CCC2)=CN(C(c2ccccc2)c2ccccc2)C=C1. The first-order valence-electron chi connectivity index (χ1n) is 9.05. The average molecular weight is 328 g/mol. The van der Waals surface area contributed by atoms with Crippen LogP contribution in [0.1, 0.15) is 23.6 Å². The monoisotopic (exact) mass is 328 g/mol. The fourth-order valence-corrected chi connectivity index (χ4v) is 3.47. The van der Waals surface area contributed by atoms with E-state index in [0.29, 0.717) is 0 Å². The van der Waals surface area contributed by atoms with Crippen LogP contribution in [0.25, 0.3) is 0 Å². The molecule has 0 bridgehead atoms. The molecule has 0 N–H and O–H groups in total. The molecule has 0 aliphatic carbocycles. The predicted octanol–water partition coefficient (Wildman–Crippen LogP) is 4.75. The van der Waals surface area contributed by atoms with Gasteiger partial charge in [0.1, 0.15) is 0 Å². The van der Waals surface area contributed by atoms with Gasteiger partial charge in [-0.2, -0.15) is 0 Å². The summed E-state index contributed by atoms with van der Waals surface area (Å²) in [6.45, 7) is 3.48. The van der Waals surface area contributed by atoms with Gasteiger partial charge in [0.25, 0.3) is 0 Å². The standard InChI is InChI=1S/C23H24N2/c1-3-11-21(12-4-1)23(22-13-5-2-6-14-22)25-17-8-7-10-20(19-25)18-24-15-9-16-24/h1-8,10-14,17,19,23H,9,15-16,18H2. The maximum Gasteiger partial charge on any atom is 0.0833 e. The minimum absolute atomic E-state index is 0.185. The number of hydrogen-bond donors (Lipinski definition) is 0. The van der Waals surface area contributed by atoms with Crippen LogP contribution >= 0.6 is 0 Å². The molecule has 0 spiro atoms. The van der Waals surface area contributed by atoms with Gasteiger partial charge in [0.15, 0.2) is 0 Å². The first-order valence-corrected chi connectivity index (χ1v) is 9.05. The lowest BCUT2D eigenvalue weighted by Gasteiger charge is -2.32. The van der Waals surface area contributed by atoms with Gasteiger partial charge >= 0.3 is 0 Å². The smallest absolute Gasteiger partial charge is 0.0833 e. The number of likely N-dealkylation sites (tertiary alicyclic amines) is 1. The molecule has 126 valence electrons. The second kappa shape index (κ2) is 7.54. The van der Waals surface area contributed by atoms with E-state index in [1.165, 1.54) is 36.2 Å². The molecule has 1 fully saturated rings. The van der Waals surface area contributed by atoms with Crippen LogP contribution in [-0.2, 0) is 0 Å². The van der Waals surface area contributed by atoms with E-state index < -0.39 is 0 Å². The van der Waals surface area contributed by atoms with Crippen molar-refractivity contribution in [2.24, 2.45) is 0 Å². The summed E-state index contributed by atoms with van der Waals surface area (Å²) in [6, 6.07) is 21.7. The Morgan fingerprint density at radius 3 is 2.00 bits per heavy atom. The van der Waals surface area contributed by atoms with Gasteiger partial charge < -0.3 is 4.90 Å². The van der Waals surface area contributed by atoms with Crippen molar-refractivity contribution in [2.45, 2.75) is 12.5 Å². The zero-order valence-corrected chi connectivity index (χ0v) is 14.5. The Hall–Kier alpha value is -2.58. The van der Waals surface area contributed by atoms with Crippen LogP contribution in [0.3, 0.4) is 0 Å². The van der Waals surface area contributed by atoms with E-state index in [0.717, 1.165) is 6.54 Å². The molecular weight excluding hydrogens is 304 g/mol. The van der Waals surface area contributed by atoms with E-state index in [1.807, 2.05) is 0 Å². The highest BCUT2D eigenvalue weighted by atomic mass is 15.2. The lowest BCUT2D eigenvalue weighted by atomic mass is 9.97. The van der Waals surface area contributed by atoms with Gasteiger partial charge in [0.2, 0.25) is 0 Å². The molecule has 4 rings (SSSR count). The molecule has 1 saturated heterocycles. The van der Waals surface area contributed by atoms with Gasteiger partial charge in [0, 0.05) is 18.9 Å². The number of allylic oxidation sites excluding steroid dienone is 2. The summed E-state index contributed by atoms with van der Waals surface area (Å²) >= 11 is 0. The van der Waals surface area contributed by atoms with E-state index in [-0.39, 0.29) is 6.04 Å². The largest absolute Gasteiger partial charge is 0.342 e. The van der Waals surface area contributed by atoms with Gasteiger partial charge in [-0.1, -0.05) is 72.8 Å². The summed E-state index contributed by atoms with van der Waals surface area (Å²) < 4.78 is 0. The Morgan fingerprint density at radius 2 is 1.44 bits per heavy atom. The van der Waals surface area contributed by atoms with Crippen LogP contribution in [0.5, 0.6) is 0 Å². The second-order valence-electron chi connectivity index (χ2n) is 6.71. The van der Waals surface area contributed by atoms with Crippen molar-refractivity contribution in [1.82, 2.24) is 9.80 Å². The van der Waals surface area contributed by atoms with Crippen LogP contribution in [0, 0.1) is 0 Å². The fourth-order valence-electron chi connectivity index (χ4n) is 3.47. The van der Waals surface area contributed by atoms with E-state index in [4.69, 9.17) is 0 Å². The molecular formula is C23H24N2. The summed E-state index contributed by atoms with van der Waals surface area (Å²) in [4.78, 5) is 4.85. The van der Waals surface area contributed by atoms with Crippen molar-refractivity contribution in [1.29, 1.82) is 0 Å². The minimum Gasteiger partial charge on any atom is -0.342 e. The quantitative estimate of drug-likeness (QED) is 0.781. The van der Waals surface area contributed by atoms with Gasteiger partial charge in [-0.25, -0.2) is 0 Å². The summed E-state index contributed by atoms with van der Waals surface area (Å²) in [5.74, 6) is 0. The third-order valence-corrected chi connectivity index (χ3v) is 4.88. The van der Waals surface area contributed by atoms with Crippen LogP contribution < -0.4 is 0 Å². The summed E-state index contributed by atoms with van der Waals surface area (Å²) in [7, 11) is 0. The van der Waals surface area contributed by atoms with E-state index in [2.05, 4.69) is 101 Å². The summed E-state index contributed by atoms with van der Waals surface area (Å²) in [6.07, 6.45) is 12.3. The molecule has 2 heterocycles. The van der Waals surface area contributed by atoms with Crippen molar-refractivity contribution in [2.75, 3.05) is 19.6 Å². The second-order valence-corrected chi connectivity index (χ2v) is 6.71. The normalized spacial score (nSPS) is 17.3. The Balaban J connectivity index is 1.69. The molecule has 0 saturated carbocycles. The van der Waals surface area contributed by atoms with Crippen molar-refractivity contribution in [3.8, 4) is 0 Å². The Kier molecular flexibility index (Phi) is 4.80. The molecule has 25 heavy (non-hydrogen) atoms. The highest BCUT2D eigenvalue weighted by Crippen LogP contribution is 2.30. The van der Waals surface area contributed by atoms with E-state index >= 15 is 0 Å². The fraction of sp³-hybridized carbons (Fsp3) is 0.217. The lowest BCUT2D eigenvalue weighted by Crippen LogP contribution is -2.38. The molecule has 0 unspecified atom stereocenters. The van der Waals surface area contributed by atoms with E-state index in [9.17, 15) is 0 Å². The van der Waals surface area contributed by atoms with Crippen LogP contribution in [-0.4, -0.2) is 29.4 Å². The number of rotatable bonds is 5. The number of nitrogens with zero attached hydrogens (tertiary/aromatic N) is 2. The first kappa shape index (κ1) is 15.9. The lowest BCUT2D eigenvalue weighted by molar-refractivity contribution is 0.199. The predicted molar refractivity (Wildman–Crippen MR) is 104 cm³/mol. The molecule has 0 aromatic heterocycles. The van der Waals surface area contributed by atoms with Gasteiger partial charge in [-0.05, 0) is 42.3 Å². The highest BCUT2D eigenvalue weighted by molar-refractivity contribution is 5.36. The van der Waals surface area contributed by atoms with Crippen molar-refractivity contribution < 1.29 is 0 Å². The molecule has 0 radical (unpaired) electrons. The summed E-state index contributed by atoms with van der Waals surface area (Å²) in [5.41, 5.74) is 3.97. The zero-order chi connectivity index (χ0) is 16.9. The molecule has 0 atom stereocenters. The maximum absolute atomic E-state index is 2.50. The Bertz CT molecular complexity index is 731. The van der Waals surface area contributed by atoms with Crippen molar-refractivity contribution >= 4 is 0 Å². The van der Waals surface area contributed by atoms with Crippen LogP contribution in [0.4, 0.5) is 0 Å². The van der Waals surface area contributed by atoms with Crippen LogP contribution in [0.15, 0.2) is 96.9 Å². The van der Waals surface area contributed by atoms with Gasteiger partial charge in [0.05, 0.1) is 6.04 Å². The summed E-state index contributed by atoms with van der Waals surface area (Å²) in [5, 5.41) is 0. The highest BCUT2D eigenvalue weighted by Gasteiger charge is 2.20.